The fraction of sp³-hybridized carbons (Fsp3) is 0.167. The van der Waals surface area contributed by atoms with Gasteiger partial charge in [0.15, 0.2) is 5.65 Å². The summed E-state index contributed by atoms with van der Waals surface area (Å²) in [6.07, 6.45) is 2.70. The number of hydrogen-bond donors (Lipinski definition) is 2. The number of rotatable bonds is 7. The number of hydrogen-bond acceptors (Lipinski definition) is 4. The largest absolute Gasteiger partial charge is 0.366 e. The Morgan fingerprint density at radius 2 is 1.84 bits per heavy atom. The van der Waals surface area contributed by atoms with Gasteiger partial charge in [-0.2, -0.15) is 9.61 Å². The molecule has 3 aromatic carbocycles. The molecule has 2 heterocycles. The second-order valence-corrected chi connectivity index (χ2v) is 9.88. The zero-order chi connectivity index (χ0) is 25.4. The summed E-state index contributed by atoms with van der Waals surface area (Å²) in [6.45, 7) is 2.55. The molecule has 2 aromatic heterocycles. The molecule has 1 fully saturated rings. The summed E-state index contributed by atoms with van der Waals surface area (Å²) in [6, 6.07) is 27.8. The van der Waals surface area contributed by atoms with Crippen LogP contribution < -0.4 is 10.6 Å². The van der Waals surface area contributed by atoms with Crippen LogP contribution in [0.2, 0.25) is 5.02 Å². The summed E-state index contributed by atoms with van der Waals surface area (Å²) in [5.74, 6) is 1.22. The van der Waals surface area contributed by atoms with Crippen LogP contribution in [0.5, 0.6) is 0 Å². The Morgan fingerprint density at radius 1 is 1.03 bits per heavy atom. The van der Waals surface area contributed by atoms with Gasteiger partial charge in [-0.15, -0.1) is 0 Å². The van der Waals surface area contributed by atoms with E-state index < -0.39 is 0 Å². The van der Waals surface area contributed by atoms with Gasteiger partial charge < -0.3 is 10.6 Å². The van der Waals surface area contributed by atoms with Gasteiger partial charge in [0.05, 0.1) is 11.9 Å². The smallest absolute Gasteiger partial charge is 0.228 e. The molecule has 2 atom stereocenters. The average Bonchev–Trinajstić information content (AvgIpc) is 3.65. The van der Waals surface area contributed by atoms with Crippen molar-refractivity contribution in [3.63, 3.8) is 0 Å². The van der Waals surface area contributed by atoms with Gasteiger partial charge >= 0.3 is 0 Å². The summed E-state index contributed by atoms with van der Waals surface area (Å²) in [7, 11) is 0. The molecule has 6 rings (SSSR count). The molecule has 1 aliphatic carbocycles. The van der Waals surface area contributed by atoms with E-state index in [1.807, 2.05) is 79.7 Å². The van der Waals surface area contributed by atoms with Crippen LogP contribution in [0.25, 0.3) is 16.9 Å². The Bertz CT molecular complexity index is 1600. The molecule has 0 bridgehead atoms. The van der Waals surface area contributed by atoms with Crippen LogP contribution in [0.4, 0.5) is 11.5 Å². The molecular formula is C30H26ClN5O. The number of aromatic nitrogens is 3. The highest BCUT2D eigenvalue weighted by Crippen LogP contribution is 2.47. The van der Waals surface area contributed by atoms with Gasteiger partial charge in [0.25, 0.3) is 0 Å². The number of carbonyl (C=O) groups excluding carboxylic acids is 1. The molecule has 5 aromatic rings. The van der Waals surface area contributed by atoms with Crippen molar-refractivity contribution < 1.29 is 4.79 Å². The Hall–Kier alpha value is -4.16. The van der Waals surface area contributed by atoms with Crippen molar-refractivity contribution in [3.8, 4) is 11.3 Å². The molecule has 1 saturated carbocycles. The van der Waals surface area contributed by atoms with Crippen LogP contribution in [0, 0.1) is 12.8 Å². The van der Waals surface area contributed by atoms with Crippen LogP contribution in [0.3, 0.4) is 0 Å². The lowest BCUT2D eigenvalue weighted by Crippen LogP contribution is -2.15. The number of aryl methyl sites for hydroxylation is 1. The van der Waals surface area contributed by atoms with Crippen molar-refractivity contribution in [1.82, 2.24) is 14.6 Å². The van der Waals surface area contributed by atoms with E-state index >= 15 is 0 Å². The minimum atomic E-state index is 0.0283. The van der Waals surface area contributed by atoms with Crippen molar-refractivity contribution in [2.45, 2.75) is 25.8 Å². The number of halogens is 1. The third-order valence-electron chi connectivity index (χ3n) is 6.82. The minimum absolute atomic E-state index is 0.0283. The molecule has 0 spiro atoms. The van der Waals surface area contributed by atoms with E-state index in [-0.39, 0.29) is 11.8 Å². The Labute approximate surface area is 220 Å². The van der Waals surface area contributed by atoms with E-state index in [1.54, 1.807) is 10.7 Å². The monoisotopic (exact) mass is 507 g/mol. The molecule has 1 aliphatic rings. The number of fused-ring (bicyclic) bond motifs is 1. The molecule has 2 N–H and O–H groups in total. The fourth-order valence-electron chi connectivity index (χ4n) is 4.75. The molecule has 37 heavy (non-hydrogen) atoms. The van der Waals surface area contributed by atoms with Gasteiger partial charge in [-0.05, 0) is 48.6 Å². The summed E-state index contributed by atoms with van der Waals surface area (Å²) in [5, 5.41) is 11.8. The lowest BCUT2D eigenvalue weighted by atomic mass is 10.1. The zero-order valence-corrected chi connectivity index (χ0v) is 21.1. The summed E-state index contributed by atoms with van der Waals surface area (Å²) >= 11 is 6.46. The maximum absolute atomic E-state index is 12.8. The second kappa shape index (κ2) is 9.71. The maximum Gasteiger partial charge on any atom is 0.228 e. The highest BCUT2D eigenvalue weighted by molar-refractivity contribution is 6.33. The van der Waals surface area contributed by atoms with E-state index in [9.17, 15) is 4.79 Å². The summed E-state index contributed by atoms with van der Waals surface area (Å²) in [4.78, 5) is 17.6. The first-order chi connectivity index (χ1) is 18.1. The molecule has 6 nitrogen and oxygen atoms in total. The van der Waals surface area contributed by atoms with E-state index in [2.05, 4.69) is 27.9 Å². The summed E-state index contributed by atoms with van der Waals surface area (Å²) in [5.41, 5.74) is 6.48. The molecule has 0 saturated heterocycles. The minimum Gasteiger partial charge on any atom is -0.366 e. The standard InChI is InChI=1S/C30H26ClN5O/c1-19-17-33-36-28(16-27(35-29(19)36)23-12-5-6-13-26(23)31)32-18-20-8-7-11-22(14-20)34-30(37)25-15-24(25)21-9-3-2-4-10-21/h2-14,16-17,24-25,32H,15,18H2,1H3,(H,34,37)/t24-,25+/m0/s1. The van der Waals surface area contributed by atoms with E-state index in [0.29, 0.717) is 17.5 Å². The molecule has 0 unspecified atom stereocenters. The van der Waals surface area contributed by atoms with Crippen molar-refractivity contribution >= 4 is 34.7 Å². The lowest BCUT2D eigenvalue weighted by molar-refractivity contribution is -0.117. The Balaban J connectivity index is 1.18. The first kappa shape index (κ1) is 23.3. The molecule has 0 aliphatic heterocycles. The van der Waals surface area contributed by atoms with Crippen molar-refractivity contribution in [2.75, 3.05) is 10.6 Å². The van der Waals surface area contributed by atoms with E-state index in [0.717, 1.165) is 46.0 Å². The first-order valence-corrected chi connectivity index (χ1v) is 12.7. The van der Waals surface area contributed by atoms with Gasteiger partial charge in [0.1, 0.15) is 5.82 Å². The SMILES string of the molecule is Cc1cnn2c(NCc3cccc(NC(=O)[C@@H]4C[C@H]4c4ccccc4)c3)cc(-c3ccccc3Cl)nc12. The predicted octanol–water partition coefficient (Wildman–Crippen LogP) is 6.71. The number of amides is 1. The van der Waals surface area contributed by atoms with Crippen molar-refractivity contribution in [1.29, 1.82) is 0 Å². The van der Waals surface area contributed by atoms with E-state index in [4.69, 9.17) is 16.6 Å². The average molecular weight is 508 g/mol. The quantitative estimate of drug-likeness (QED) is 0.257. The van der Waals surface area contributed by atoms with E-state index in [1.165, 1.54) is 5.56 Å². The highest BCUT2D eigenvalue weighted by Gasteiger charge is 2.43. The number of nitrogens with zero attached hydrogens (tertiary/aromatic N) is 3. The maximum atomic E-state index is 12.8. The van der Waals surface area contributed by atoms with Crippen molar-refractivity contribution in [2.24, 2.45) is 5.92 Å². The number of anilines is 2. The zero-order valence-electron chi connectivity index (χ0n) is 20.4. The molecule has 7 heteroatoms. The third kappa shape index (κ3) is 4.80. The topological polar surface area (TPSA) is 71.3 Å². The molecular weight excluding hydrogens is 482 g/mol. The second-order valence-electron chi connectivity index (χ2n) is 9.47. The fourth-order valence-corrected chi connectivity index (χ4v) is 4.98. The lowest BCUT2D eigenvalue weighted by Gasteiger charge is -2.13. The van der Waals surface area contributed by atoms with Gasteiger partial charge in [-0.3, -0.25) is 4.79 Å². The van der Waals surface area contributed by atoms with Gasteiger partial charge in [-0.1, -0.05) is 72.3 Å². The normalized spacial score (nSPS) is 16.5. The first-order valence-electron chi connectivity index (χ1n) is 12.4. The highest BCUT2D eigenvalue weighted by atomic mass is 35.5. The number of carbonyl (C=O) groups is 1. The number of benzene rings is 3. The Morgan fingerprint density at radius 3 is 2.68 bits per heavy atom. The number of nitrogens with one attached hydrogen (secondary N) is 2. The van der Waals surface area contributed by atoms with Crippen LogP contribution in [0.1, 0.15) is 29.0 Å². The van der Waals surface area contributed by atoms with Crippen LogP contribution in [0.15, 0.2) is 91.1 Å². The molecule has 0 radical (unpaired) electrons. The van der Waals surface area contributed by atoms with Crippen LogP contribution >= 0.6 is 11.6 Å². The predicted molar refractivity (Wildman–Crippen MR) is 148 cm³/mol. The van der Waals surface area contributed by atoms with Gasteiger partial charge in [0.2, 0.25) is 5.91 Å². The van der Waals surface area contributed by atoms with Crippen LogP contribution in [-0.4, -0.2) is 20.5 Å². The molecule has 1 amide bonds. The van der Waals surface area contributed by atoms with Crippen molar-refractivity contribution in [3.05, 3.63) is 113 Å². The Kier molecular flexibility index (Phi) is 6.10. The third-order valence-corrected chi connectivity index (χ3v) is 7.15. The van der Waals surface area contributed by atoms with Gasteiger partial charge in [-0.25, -0.2) is 4.98 Å². The van der Waals surface area contributed by atoms with Gasteiger partial charge in [0, 0.05) is 40.4 Å². The van der Waals surface area contributed by atoms with Crippen LogP contribution in [-0.2, 0) is 11.3 Å². The molecule has 184 valence electrons. The summed E-state index contributed by atoms with van der Waals surface area (Å²) < 4.78 is 1.80.